The molecule has 0 aliphatic rings. The number of hydrogen-bond acceptors (Lipinski definition) is 4. The second-order valence-corrected chi connectivity index (χ2v) is 23.6. The summed E-state index contributed by atoms with van der Waals surface area (Å²) in [5.41, 5.74) is 6.36. The number of rotatable bonds is 7. The summed E-state index contributed by atoms with van der Waals surface area (Å²) in [6.45, 7) is 2.24. The topological polar surface area (TPSA) is 51.8 Å². The number of nitrogens with zero attached hydrogens (tertiary/aromatic N) is 3. The molecule has 4 aromatic heterocycles. The molecule has 0 aliphatic carbocycles. The minimum Gasteiger partial charge on any atom is -0.486 e. The molecule has 0 atom stereocenters. The van der Waals surface area contributed by atoms with Gasteiger partial charge in [-0.2, -0.15) is 0 Å². The average Bonchev–Trinajstić information content (AvgIpc) is 3.50. The molecule has 4 heterocycles. The van der Waals surface area contributed by atoms with Crippen LogP contribution in [0.25, 0.3) is 44.6 Å². The van der Waals surface area contributed by atoms with Gasteiger partial charge in [0.15, 0.2) is 0 Å². The Labute approximate surface area is 307 Å². The van der Waals surface area contributed by atoms with Crippen molar-refractivity contribution in [1.82, 2.24) is 15.0 Å². The smallest absolute Gasteiger partial charge is 0.216 e. The van der Waals surface area contributed by atoms with E-state index in [2.05, 4.69) is 71.5 Å². The van der Waals surface area contributed by atoms with Crippen LogP contribution in [0, 0.1) is 24.9 Å². The van der Waals surface area contributed by atoms with Crippen molar-refractivity contribution in [1.29, 1.82) is 0 Å². The van der Waals surface area contributed by atoms with Crippen LogP contribution < -0.4 is 4.40 Å². The number of aryl methyl sites for hydroxylation is 1. The van der Waals surface area contributed by atoms with Crippen molar-refractivity contribution < 1.29 is 31.4 Å². The summed E-state index contributed by atoms with van der Waals surface area (Å²) in [5, 5.41) is 1.45. The Kier molecular flexibility index (Phi) is 9.41. The number of aromatic nitrogens is 3. The van der Waals surface area contributed by atoms with Crippen molar-refractivity contribution in [2.75, 3.05) is 0 Å². The monoisotopic (exact) mass is 875 g/mol. The van der Waals surface area contributed by atoms with Gasteiger partial charge in [-0.1, -0.05) is 47.3 Å². The van der Waals surface area contributed by atoms with Crippen LogP contribution in [0.2, 0.25) is 17.3 Å². The van der Waals surface area contributed by atoms with Crippen LogP contribution in [-0.2, 0) is 32.9 Å². The normalized spacial score (nSPS) is 13.4. The Hall–Kier alpha value is -3.90. The quantitative estimate of drug-likeness (QED) is 0.118. The van der Waals surface area contributed by atoms with Crippen molar-refractivity contribution in [3.05, 3.63) is 144 Å². The van der Waals surface area contributed by atoms with E-state index in [1.165, 1.54) is 11.6 Å². The molecule has 0 unspecified atom stereocenters. The van der Waals surface area contributed by atoms with E-state index in [1.807, 2.05) is 30.3 Å². The summed E-state index contributed by atoms with van der Waals surface area (Å²) in [6, 6.07) is 35.8. The molecular formula is C42H41GeIrN3O-2. The summed E-state index contributed by atoms with van der Waals surface area (Å²) in [4.78, 5) is 13.3. The molecule has 0 N–H and O–H groups in total. The van der Waals surface area contributed by atoms with E-state index in [1.54, 1.807) is 59.1 Å². The first kappa shape index (κ1) is 29.1. The van der Waals surface area contributed by atoms with Gasteiger partial charge in [-0.3, -0.25) is 0 Å². The molecule has 245 valence electrons. The number of fused-ring (bicyclic) bond motifs is 3. The van der Waals surface area contributed by atoms with Gasteiger partial charge in [-0.25, -0.2) is 4.98 Å². The average molecular weight is 874 g/mol. The van der Waals surface area contributed by atoms with Crippen LogP contribution in [0.4, 0.5) is 0 Å². The summed E-state index contributed by atoms with van der Waals surface area (Å²) < 4.78 is 47.6. The predicted octanol–water partition coefficient (Wildman–Crippen LogP) is 10.0. The number of pyridine rings is 3. The Morgan fingerprint density at radius 2 is 1.65 bits per heavy atom. The van der Waals surface area contributed by atoms with Crippen LogP contribution >= 0.6 is 0 Å². The Morgan fingerprint density at radius 3 is 2.38 bits per heavy atom. The first-order valence-electron chi connectivity index (χ1n) is 18.4. The van der Waals surface area contributed by atoms with Crippen molar-refractivity contribution in [2.45, 2.75) is 50.8 Å². The van der Waals surface area contributed by atoms with Crippen molar-refractivity contribution in [2.24, 2.45) is 5.92 Å². The maximum atomic E-state index is 8.64. The molecule has 0 amide bonds. The van der Waals surface area contributed by atoms with Crippen molar-refractivity contribution >= 4 is 39.7 Å². The van der Waals surface area contributed by atoms with Crippen LogP contribution in [-0.4, -0.2) is 28.2 Å². The third-order valence-electron chi connectivity index (χ3n) is 7.79. The molecule has 0 saturated heterocycles. The first-order chi connectivity index (χ1) is 24.6. The maximum absolute atomic E-state index is 8.64. The fourth-order valence-electron chi connectivity index (χ4n) is 5.63. The zero-order valence-corrected chi connectivity index (χ0v) is 32.3. The second kappa shape index (κ2) is 15.5. The first-order valence-corrected chi connectivity index (χ1v) is 23.2. The SMILES string of the molecule is CC(C)Cc1cc(-c2[c-]cccc2)nc[c]1[Ge]([CH3])([CH3])[CH3].[2H]C([2H])([2H])c1ccc2c(n1)oc1c(-c3cc(C([2H])([2H])c4ccccc4)ccn3)[c-]ccc12.[Ir]. The summed E-state index contributed by atoms with van der Waals surface area (Å²) >= 11 is -1.86. The molecule has 48 heavy (non-hydrogen) atoms. The van der Waals surface area contributed by atoms with E-state index in [0.717, 1.165) is 23.1 Å². The number of benzene rings is 3. The van der Waals surface area contributed by atoms with Crippen molar-refractivity contribution in [3.8, 4) is 22.5 Å². The molecule has 7 aromatic rings. The fourth-order valence-corrected chi connectivity index (χ4v) is 8.96. The number of furan rings is 1. The minimum atomic E-state index is -2.33. The van der Waals surface area contributed by atoms with E-state index in [9.17, 15) is 0 Å². The molecule has 3 aromatic carbocycles. The molecule has 0 saturated carbocycles. The van der Waals surface area contributed by atoms with E-state index in [-0.39, 0.29) is 31.5 Å². The zero-order valence-electron chi connectivity index (χ0n) is 32.8. The maximum Gasteiger partial charge on any atom is 0.216 e. The largest absolute Gasteiger partial charge is 0.486 e. The van der Waals surface area contributed by atoms with E-state index in [4.69, 9.17) is 16.3 Å². The summed E-state index contributed by atoms with van der Waals surface area (Å²) in [5.74, 6) is 7.99. The fraction of sp³-hybridized carbons (Fsp3) is 0.214. The van der Waals surface area contributed by atoms with Gasteiger partial charge >= 0.3 is 126 Å². The Morgan fingerprint density at radius 1 is 0.833 bits per heavy atom. The third-order valence-corrected chi connectivity index (χ3v) is 12.1. The van der Waals surface area contributed by atoms with Crippen LogP contribution in [0.1, 0.15) is 43.1 Å². The third kappa shape index (κ3) is 8.38. The van der Waals surface area contributed by atoms with Gasteiger partial charge < -0.3 is 9.40 Å². The van der Waals surface area contributed by atoms with E-state index in [0.29, 0.717) is 39.3 Å². The Balaban J connectivity index is 0.000000223. The molecular weight excluding hydrogens is 827 g/mol. The molecule has 7 rings (SSSR count). The second-order valence-electron chi connectivity index (χ2n) is 13.0. The summed E-state index contributed by atoms with van der Waals surface area (Å²) in [6.07, 6.45) is 3.12. The summed E-state index contributed by atoms with van der Waals surface area (Å²) in [7, 11) is 0. The molecule has 0 aliphatic heterocycles. The van der Waals surface area contributed by atoms with Crippen LogP contribution in [0.15, 0.2) is 114 Å². The van der Waals surface area contributed by atoms with Gasteiger partial charge in [0.1, 0.15) is 0 Å². The molecule has 6 heteroatoms. The number of hydrogen-bond donors (Lipinski definition) is 0. The standard InChI is InChI=1S/C24H17N2O.C18H24GeN.Ir/c1-16-10-11-20-19-8-5-9-21(23(19)27-24(20)26-16)22-15-18(12-13-25-22)14-17-6-3-2-4-7-17;1-14(2)11-16-12-18(15-9-7-6-8-10-15)20-13-17(16)19(3,4)5;/h2-8,10-13,15H,14H2,1H3;6-9,12-14H,11H2,1-5H3;/q2*-1;/i1D3,14D2;;. The van der Waals surface area contributed by atoms with Gasteiger partial charge in [-0.15, -0.1) is 18.2 Å². The molecule has 4 nitrogen and oxygen atoms in total. The molecule has 0 fully saturated rings. The van der Waals surface area contributed by atoms with Crippen LogP contribution in [0.3, 0.4) is 0 Å². The molecule has 1 radical (unpaired) electrons. The minimum absolute atomic E-state index is 0. The van der Waals surface area contributed by atoms with Gasteiger partial charge in [0, 0.05) is 44.2 Å². The zero-order chi connectivity index (χ0) is 37.3. The van der Waals surface area contributed by atoms with Gasteiger partial charge in [0.25, 0.3) is 0 Å². The van der Waals surface area contributed by atoms with Gasteiger partial charge in [-0.05, 0) is 48.2 Å². The van der Waals surface area contributed by atoms with Crippen LogP contribution in [0.5, 0.6) is 0 Å². The van der Waals surface area contributed by atoms with Gasteiger partial charge in [0.2, 0.25) is 5.71 Å². The molecule has 0 spiro atoms. The molecule has 0 bridgehead atoms. The Bertz CT molecular complexity index is 2320. The van der Waals surface area contributed by atoms with E-state index >= 15 is 0 Å². The van der Waals surface area contributed by atoms with Crippen molar-refractivity contribution in [3.63, 3.8) is 0 Å². The van der Waals surface area contributed by atoms with Gasteiger partial charge in [0.05, 0.1) is 5.58 Å². The predicted molar refractivity (Wildman–Crippen MR) is 198 cm³/mol. The van der Waals surface area contributed by atoms with E-state index < -0.39 is 26.5 Å².